The minimum Gasteiger partial charge on any atom is -0.394 e. The van der Waals surface area contributed by atoms with Crippen LogP contribution in [0.5, 0.6) is 0 Å². The molecule has 0 aromatic carbocycles. The van der Waals surface area contributed by atoms with E-state index in [1.165, 1.54) is 0 Å². The van der Waals surface area contributed by atoms with Gasteiger partial charge in [-0.1, -0.05) is 46.3 Å². The van der Waals surface area contributed by atoms with Crippen molar-refractivity contribution in [1.29, 1.82) is 0 Å². The lowest BCUT2D eigenvalue weighted by Crippen LogP contribution is -2.61. The van der Waals surface area contributed by atoms with Crippen LogP contribution in [0.15, 0.2) is 11.6 Å². The summed E-state index contributed by atoms with van der Waals surface area (Å²) in [6, 6.07) is 0. The molecule has 0 unspecified atom stereocenters. The van der Waals surface area contributed by atoms with Gasteiger partial charge in [-0.15, -0.1) is 0 Å². The lowest BCUT2D eigenvalue weighted by molar-refractivity contribution is -0.318. The Morgan fingerprint density at radius 3 is 2.13 bits per heavy atom. The molecule has 0 radical (unpaired) electrons. The molecular formula is C39H66O13. The SMILES string of the molecule is CC(C)CC[C@H](O)[C@@H](C)[C@H]1[C@@H](O[C@@H]2O[C@H](CO)[C@@H](O)[C@H](O)[C@H]2O)C[C@H]2[C@@H]3CC=C4C[C@@H](O)C[C@@H](O[C@@H]5O[C@@H](C)[C@H](O)[C@@H](O)[C@H]5O)[C@]4(C)[C@H]3CC[C@]12C. The van der Waals surface area contributed by atoms with E-state index in [4.69, 9.17) is 18.9 Å². The van der Waals surface area contributed by atoms with Crippen LogP contribution < -0.4 is 0 Å². The van der Waals surface area contributed by atoms with Crippen LogP contribution in [0.1, 0.15) is 92.9 Å². The van der Waals surface area contributed by atoms with E-state index in [0.717, 1.165) is 31.3 Å². The van der Waals surface area contributed by atoms with Crippen molar-refractivity contribution in [3.8, 4) is 0 Å². The second-order valence-corrected chi connectivity index (χ2v) is 18.1. The van der Waals surface area contributed by atoms with E-state index in [1.807, 2.05) is 0 Å². The average Bonchev–Trinajstić information content (AvgIpc) is 3.40. The van der Waals surface area contributed by atoms with Gasteiger partial charge in [0.05, 0.1) is 37.1 Å². The predicted molar refractivity (Wildman–Crippen MR) is 187 cm³/mol. The smallest absolute Gasteiger partial charge is 0.186 e. The Hall–Kier alpha value is -0.780. The maximum Gasteiger partial charge on any atom is 0.186 e. The number of aliphatic hydroxyl groups excluding tert-OH is 9. The van der Waals surface area contributed by atoms with Crippen molar-refractivity contribution in [3.05, 3.63) is 11.6 Å². The molecule has 2 saturated heterocycles. The van der Waals surface area contributed by atoms with Crippen LogP contribution in [0.2, 0.25) is 0 Å². The highest BCUT2D eigenvalue weighted by Gasteiger charge is 2.65. The van der Waals surface area contributed by atoms with Crippen LogP contribution in [0.3, 0.4) is 0 Å². The summed E-state index contributed by atoms with van der Waals surface area (Å²) in [6.07, 6.45) is -7.68. The molecule has 3 saturated carbocycles. The molecule has 4 aliphatic carbocycles. The Morgan fingerprint density at radius 2 is 1.48 bits per heavy atom. The minimum absolute atomic E-state index is 0.126. The van der Waals surface area contributed by atoms with Gasteiger partial charge in [0.1, 0.15) is 42.7 Å². The standard InChI is InChI=1S/C39H66O13/c1-17(2)7-10-25(42)18(3)29-26(50-37-35(48)33(46)31(44)27(16-40)51-37)15-24-22-9-8-20-13-21(41)14-28(39(20,6)23(22)11-12-38(24,29)5)52-36-34(47)32(45)30(43)19(4)49-36/h8,17-19,21-37,40-48H,7,9-16H2,1-6H3/t18-,19+,21-,22-,23+,24+,25+,26+,27-,28-,29+,30+,31-,32-,33+,34-,35-,36+,37-,38+,39+/m1/s1. The second kappa shape index (κ2) is 15.6. The van der Waals surface area contributed by atoms with Gasteiger partial charge >= 0.3 is 0 Å². The first-order valence-corrected chi connectivity index (χ1v) is 19.8. The van der Waals surface area contributed by atoms with Crippen LogP contribution in [0.4, 0.5) is 0 Å². The van der Waals surface area contributed by atoms with Crippen molar-refractivity contribution >= 4 is 0 Å². The lowest BCUT2D eigenvalue weighted by atomic mass is 9.46. The van der Waals surface area contributed by atoms with E-state index in [-0.39, 0.29) is 35.0 Å². The highest BCUT2D eigenvalue weighted by Crippen LogP contribution is 2.68. The predicted octanol–water partition coefficient (Wildman–Crippen LogP) is 0.977. The number of aliphatic hydroxyl groups is 9. The molecule has 300 valence electrons. The normalized spacial score (nSPS) is 52.0. The third-order valence-corrected chi connectivity index (χ3v) is 14.7. The molecule has 0 bridgehead atoms. The summed E-state index contributed by atoms with van der Waals surface area (Å²) in [4.78, 5) is 0. The number of allylic oxidation sites excluding steroid dienone is 1. The van der Waals surface area contributed by atoms with E-state index in [9.17, 15) is 46.0 Å². The fourth-order valence-corrected chi connectivity index (χ4v) is 11.6. The van der Waals surface area contributed by atoms with Gasteiger partial charge in [-0.25, -0.2) is 0 Å². The van der Waals surface area contributed by atoms with E-state index < -0.39 is 97.8 Å². The molecule has 0 aromatic rings. The summed E-state index contributed by atoms with van der Waals surface area (Å²) in [5, 5.41) is 96.3. The summed E-state index contributed by atoms with van der Waals surface area (Å²) in [7, 11) is 0. The first-order chi connectivity index (χ1) is 24.4. The molecule has 9 N–H and O–H groups in total. The molecule has 2 aliphatic heterocycles. The van der Waals surface area contributed by atoms with E-state index >= 15 is 0 Å². The molecule has 6 rings (SSSR count). The largest absolute Gasteiger partial charge is 0.394 e. The van der Waals surface area contributed by atoms with Crippen molar-refractivity contribution in [2.24, 2.45) is 46.3 Å². The molecule has 0 spiro atoms. The minimum atomic E-state index is -1.56. The molecule has 2 heterocycles. The summed E-state index contributed by atoms with van der Waals surface area (Å²) in [5.41, 5.74) is 0.314. The number of ether oxygens (including phenoxy) is 4. The van der Waals surface area contributed by atoms with Gasteiger partial charge in [0, 0.05) is 11.8 Å². The van der Waals surface area contributed by atoms with Crippen LogP contribution in [-0.4, -0.2) is 138 Å². The number of hydrogen-bond acceptors (Lipinski definition) is 13. The molecule has 13 nitrogen and oxygen atoms in total. The van der Waals surface area contributed by atoms with Gasteiger partial charge < -0.3 is 64.9 Å². The Labute approximate surface area is 307 Å². The first-order valence-electron chi connectivity index (χ1n) is 19.8. The van der Waals surface area contributed by atoms with Crippen molar-refractivity contribution in [2.75, 3.05) is 6.61 Å². The van der Waals surface area contributed by atoms with Crippen molar-refractivity contribution in [1.82, 2.24) is 0 Å². The fourth-order valence-electron chi connectivity index (χ4n) is 11.6. The molecule has 52 heavy (non-hydrogen) atoms. The van der Waals surface area contributed by atoms with Gasteiger partial charge in [-0.3, -0.25) is 0 Å². The number of hydrogen-bond donors (Lipinski definition) is 9. The Bertz CT molecular complexity index is 1250. The Morgan fingerprint density at radius 1 is 0.827 bits per heavy atom. The fraction of sp³-hybridized carbons (Fsp3) is 0.949. The van der Waals surface area contributed by atoms with Gasteiger partial charge in [0.15, 0.2) is 12.6 Å². The van der Waals surface area contributed by atoms with Crippen molar-refractivity contribution < 1.29 is 64.9 Å². The number of rotatable bonds is 10. The molecule has 0 aromatic heterocycles. The zero-order valence-corrected chi connectivity index (χ0v) is 31.6. The van der Waals surface area contributed by atoms with E-state index in [1.54, 1.807) is 6.92 Å². The maximum absolute atomic E-state index is 11.6. The Kier molecular flexibility index (Phi) is 12.3. The molecular weight excluding hydrogens is 676 g/mol. The zero-order valence-electron chi connectivity index (χ0n) is 31.6. The molecule has 0 amide bonds. The van der Waals surface area contributed by atoms with Crippen LogP contribution in [0, 0.1) is 46.3 Å². The lowest BCUT2D eigenvalue weighted by Gasteiger charge is -2.60. The highest BCUT2D eigenvalue weighted by atomic mass is 16.7. The third kappa shape index (κ3) is 7.07. The number of fused-ring (bicyclic) bond motifs is 5. The Balaban J connectivity index is 1.31. The summed E-state index contributed by atoms with van der Waals surface area (Å²) < 4.78 is 24.9. The quantitative estimate of drug-likeness (QED) is 0.143. The molecule has 21 atom stereocenters. The monoisotopic (exact) mass is 742 g/mol. The van der Waals surface area contributed by atoms with Gasteiger partial charge in [-0.2, -0.15) is 0 Å². The summed E-state index contributed by atoms with van der Waals surface area (Å²) in [5.74, 6) is 0.552. The van der Waals surface area contributed by atoms with Crippen LogP contribution >= 0.6 is 0 Å². The highest BCUT2D eigenvalue weighted by molar-refractivity contribution is 5.28. The van der Waals surface area contributed by atoms with Crippen molar-refractivity contribution in [3.63, 3.8) is 0 Å². The zero-order chi connectivity index (χ0) is 38.0. The van der Waals surface area contributed by atoms with E-state index in [2.05, 4.69) is 40.7 Å². The van der Waals surface area contributed by atoms with Crippen molar-refractivity contribution in [2.45, 2.75) is 179 Å². The second-order valence-electron chi connectivity index (χ2n) is 18.1. The summed E-state index contributed by atoms with van der Waals surface area (Å²) in [6.45, 7) is 11.9. The van der Waals surface area contributed by atoms with Gasteiger partial charge in [0.2, 0.25) is 0 Å². The topological polar surface area (TPSA) is 219 Å². The van der Waals surface area contributed by atoms with E-state index in [0.29, 0.717) is 31.6 Å². The third-order valence-electron chi connectivity index (χ3n) is 14.7. The molecule has 13 heteroatoms. The first kappa shape index (κ1) is 40.9. The molecule has 5 fully saturated rings. The van der Waals surface area contributed by atoms with Gasteiger partial charge in [0.25, 0.3) is 0 Å². The average molecular weight is 743 g/mol. The molecule has 6 aliphatic rings. The van der Waals surface area contributed by atoms with Crippen LogP contribution in [-0.2, 0) is 18.9 Å². The summed E-state index contributed by atoms with van der Waals surface area (Å²) >= 11 is 0. The maximum atomic E-state index is 11.6. The van der Waals surface area contributed by atoms with Gasteiger partial charge in [-0.05, 0) is 92.8 Å². The van der Waals surface area contributed by atoms with Crippen LogP contribution in [0.25, 0.3) is 0 Å².